The van der Waals surface area contributed by atoms with Crippen molar-refractivity contribution in [2.45, 2.75) is 25.7 Å². The van der Waals surface area contributed by atoms with Crippen molar-refractivity contribution < 1.29 is 14.3 Å². The lowest BCUT2D eigenvalue weighted by Crippen LogP contribution is -2.13. The molecule has 0 unspecified atom stereocenters. The first-order valence-electron chi connectivity index (χ1n) is 8.67. The van der Waals surface area contributed by atoms with Gasteiger partial charge >= 0.3 is 0 Å². The Labute approximate surface area is 174 Å². The van der Waals surface area contributed by atoms with Crippen molar-refractivity contribution in [3.05, 3.63) is 43.7 Å². The highest BCUT2D eigenvalue weighted by atomic mass is 79.9. The second-order valence-corrected chi connectivity index (χ2v) is 8.34. The predicted octanol–water partition coefficient (Wildman–Crippen LogP) is 4.54. The molecule has 1 aromatic carbocycles. The number of anilines is 1. The number of carbonyl (C=O) groups excluding carboxylic acids is 1. The van der Waals surface area contributed by atoms with Gasteiger partial charge in [-0.15, -0.1) is 11.3 Å². The summed E-state index contributed by atoms with van der Waals surface area (Å²) in [4.78, 5) is 13.9. The maximum Gasteiger partial charge on any atom is 0.266 e. The molecular formula is C20H14BrN3O3S. The van der Waals surface area contributed by atoms with E-state index in [-0.39, 0.29) is 12.4 Å². The third kappa shape index (κ3) is 3.37. The minimum atomic E-state index is -0.540. The molecule has 4 rings (SSSR count). The molecular weight excluding hydrogens is 442 g/mol. The zero-order chi connectivity index (χ0) is 19.7. The Morgan fingerprint density at radius 3 is 2.71 bits per heavy atom. The van der Waals surface area contributed by atoms with Gasteiger partial charge in [0.05, 0.1) is 5.56 Å². The Bertz CT molecular complexity index is 1090. The van der Waals surface area contributed by atoms with Crippen LogP contribution in [0.3, 0.4) is 0 Å². The number of thiophene rings is 1. The van der Waals surface area contributed by atoms with Crippen molar-refractivity contribution >= 4 is 44.3 Å². The molecule has 140 valence electrons. The van der Waals surface area contributed by atoms with Crippen molar-refractivity contribution in [3.63, 3.8) is 0 Å². The van der Waals surface area contributed by atoms with Gasteiger partial charge in [0.15, 0.2) is 11.5 Å². The molecule has 8 heteroatoms. The third-order valence-electron chi connectivity index (χ3n) is 4.67. The van der Waals surface area contributed by atoms with E-state index in [1.165, 1.54) is 17.4 Å². The molecule has 2 heterocycles. The number of ether oxygens (including phenoxy) is 2. The third-order valence-corrected chi connectivity index (χ3v) is 6.56. The van der Waals surface area contributed by atoms with Crippen LogP contribution in [0, 0.1) is 22.7 Å². The summed E-state index contributed by atoms with van der Waals surface area (Å²) in [5, 5.41) is 22.3. The van der Waals surface area contributed by atoms with E-state index >= 15 is 0 Å². The molecule has 0 bridgehead atoms. The van der Waals surface area contributed by atoms with Crippen LogP contribution in [0.1, 0.15) is 34.4 Å². The van der Waals surface area contributed by atoms with Crippen LogP contribution < -0.4 is 14.8 Å². The number of benzene rings is 1. The minimum Gasteiger partial charge on any atom is -0.454 e. The van der Waals surface area contributed by atoms with Gasteiger partial charge in [-0.25, -0.2) is 0 Å². The molecule has 1 N–H and O–H groups in total. The second-order valence-electron chi connectivity index (χ2n) is 6.38. The van der Waals surface area contributed by atoms with Crippen LogP contribution >= 0.6 is 27.3 Å². The van der Waals surface area contributed by atoms with Gasteiger partial charge in [-0.05, 0) is 55.0 Å². The fourth-order valence-corrected chi connectivity index (χ4v) is 4.96. The molecule has 0 fully saturated rings. The lowest BCUT2D eigenvalue weighted by Gasteiger charge is -2.09. The van der Waals surface area contributed by atoms with Gasteiger partial charge in [0.25, 0.3) is 5.91 Å². The molecule has 0 radical (unpaired) electrons. The van der Waals surface area contributed by atoms with E-state index in [0.29, 0.717) is 32.1 Å². The Balaban J connectivity index is 1.63. The number of fused-ring (bicyclic) bond motifs is 2. The molecule has 28 heavy (non-hydrogen) atoms. The molecule has 1 aromatic heterocycles. The maximum atomic E-state index is 12.7. The van der Waals surface area contributed by atoms with Gasteiger partial charge in [0.1, 0.15) is 22.7 Å². The molecule has 0 saturated carbocycles. The zero-order valence-corrected chi connectivity index (χ0v) is 17.1. The number of halogens is 1. The first-order chi connectivity index (χ1) is 13.6. The summed E-state index contributed by atoms with van der Waals surface area (Å²) >= 11 is 4.85. The summed E-state index contributed by atoms with van der Waals surface area (Å²) in [6.45, 7) is 0.139. The lowest BCUT2D eigenvalue weighted by atomic mass is 9.96. The van der Waals surface area contributed by atoms with E-state index in [1.54, 1.807) is 12.1 Å². The van der Waals surface area contributed by atoms with Crippen LogP contribution in [0.5, 0.6) is 11.5 Å². The monoisotopic (exact) mass is 455 g/mol. The minimum absolute atomic E-state index is 0.0603. The van der Waals surface area contributed by atoms with Crippen LogP contribution in [-0.2, 0) is 17.6 Å². The zero-order valence-electron chi connectivity index (χ0n) is 14.7. The van der Waals surface area contributed by atoms with E-state index in [4.69, 9.17) is 9.47 Å². The molecule has 1 aliphatic heterocycles. The van der Waals surface area contributed by atoms with Crippen molar-refractivity contribution in [2.24, 2.45) is 0 Å². The number of nitrogens with one attached hydrogen (secondary N) is 1. The van der Waals surface area contributed by atoms with Crippen LogP contribution in [0.15, 0.2) is 22.2 Å². The quantitative estimate of drug-likeness (QED) is 0.541. The predicted molar refractivity (Wildman–Crippen MR) is 108 cm³/mol. The van der Waals surface area contributed by atoms with Crippen LogP contribution in [0.25, 0.3) is 6.08 Å². The van der Waals surface area contributed by atoms with Gasteiger partial charge in [-0.1, -0.05) is 15.9 Å². The molecule has 2 aliphatic rings. The van der Waals surface area contributed by atoms with Crippen molar-refractivity contribution in [1.29, 1.82) is 10.5 Å². The van der Waals surface area contributed by atoms with E-state index < -0.39 is 5.91 Å². The summed E-state index contributed by atoms with van der Waals surface area (Å²) in [5.74, 6) is 0.627. The van der Waals surface area contributed by atoms with Gasteiger partial charge in [-0.3, -0.25) is 4.79 Å². The molecule has 0 spiro atoms. The number of nitrogens with zero attached hydrogens (tertiary/aromatic N) is 2. The van der Waals surface area contributed by atoms with E-state index in [0.717, 1.165) is 36.1 Å². The number of amides is 1. The molecule has 0 saturated heterocycles. The van der Waals surface area contributed by atoms with Gasteiger partial charge in [0.2, 0.25) is 6.79 Å². The summed E-state index contributed by atoms with van der Waals surface area (Å²) < 4.78 is 11.3. The average Bonchev–Trinajstić information content (AvgIpc) is 3.28. The molecule has 1 amide bonds. The average molecular weight is 456 g/mol. The molecule has 2 aromatic rings. The first-order valence-corrected chi connectivity index (χ1v) is 10.3. The van der Waals surface area contributed by atoms with Crippen LogP contribution in [0.4, 0.5) is 5.00 Å². The van der Waals surface area contributed by atoms with Gasteiger partial charge in [0, 0.05) is 9.35 Å². The van der Waals surface area contributed by atoms with E-state index in [1.807, 2.05) is 6.07 Å². The Morgan fingerprint density at radius 2 is 1.96 bits per heavy atom. The Morgan fingerprint density at radius 1 is 1.21 bits per heavy atom. The summed E-state index contributed by atoms with van der Waals surface area (Å²) in [7, 11) is 0. The number of hydrogen-bond donors (Lipinski definition) is 1. The fraction of sp³-hybridized carbons (Fsp3) is 0.250. The molecule has 0 atom stereocenters. The molecule has 6 nitrogen and oxygen atoms in total. The van der Waals surface area contributed by atoms with E-state index in [9.17, 15) is 15.3 Å². The second kappa shape index (κ2) is 7.67. The van der Waals surface area contributed by atoms with Crippen molar-refractivity contribution in [1.82, 2.24) is 0 Å². The number of nitriles is 2. The van der Waals surface area contributed by atoms with Gasteiger partial charge < -0.3 is 14.8 Å². The Kier molecular flexibility index (Phi) is 5.08. The first kappa shape index (κ1) is 18.5. The SMILES string of the molecule is N#C/C(=C\c1cc2c(cc1Br)OCO2)C(=O)Nc1sc2c(c1C#N)CCCC2. The lowest BCUT2D eigenvalue weighted by molar-refractivity contribution is -0.112. The molecule has 1 aliphatic carbocycles. The Hall–Kier alpha value is -2.81. The normalized spacial score (nSPS) is 14.8. The summed E-state index contributed by atoms with van der Waals surface area (Å²) in [5.41, 5.74) is 2.13. The summed E-state index contributed by atoms with van der Waals surface area (Å²) in [6.07, 6.45) is 5.41. The summed E-state index contributed by atoms with van der Waals surface area (Å²) in [6, 6.07) is 7.60. The largest absolute Gasteiger partial charge is 0.454 e. The smallest absolute Gasteiger partial charge is 0.266 e. The fourth-order valence-electron chi connectivity index (χ4n) is 3.29. The highest BCUT2D eigenvalue weighted by Gasteiger charge is 2.23. The topological polar surface area (TPSA) is 95.1 Å². The van der Waals surface area contributed by atoms with Crippen LogP contribution in [-0.4, -0.2) is 12.7 Å². The van der Waals surface area contributed by atoms with E-state index in [2.05, 4.69) is 27.3 Å². The number of carbonyl (C=O) groups is 1. The van der Waals surface area contributed by atoms with Gasteiger partial charge in [-0.2, -0.15) is 10.5 Å². The van der Waals surface area contributed by atoms with Crippen molar-refractivity contribution in [2.75, 3.05) is 12.1 Å². The number of aryl methyl sites for hydroxylation is 1. The number of hydrogen-bond acceptors (Lipinski definition) is 6. The highest BCUT2D eigenvalue weighted by Crippen LogP contribution is 2.39. The standard InChI is InChI=1S/C20H14BrN3O3S/c21-15-7-17-16(26-10-27-17)6-11(15)5-12(8-22)19(25)24-20-14(9-23)13-3-1-2-4-18(13)28-20/h5-7H,1-4,10H2,(H,24,25)/b12-5+. The van der Waals surface area contributed by atoms with Crippen molar-refractivity contribution in [3.8, 4) is 23.6 Å². The number of rotatable bonds is 3. The maximum absolute atomic E-state index is 12.7. The van der Waals surface area contributed by atoms with Crippen LogP contribution in [0.2, 0.25) is 0 Å². The highest BCUT2D eigenvalue weighted by molar-refractivity contribution is 9.10.